The minimum absolute atomic E-state index is 0.0572. The van der Waals surface area contributed by atoms with E-state index < -0.39 is 0 Å². The van der Waals surface area contributed by atoms with Crippen molar-refractivity contribution in [3.05, 3.63) is 108 Å². The number of amides is 1. The van der Waals surface area contributed by atoms with Gasteiger partial charge < -0.3 is 9.64 Å². The predicted octanol–water partition coefficient (Wildman–Crippen LogP) is 5.70. The Labute approximate surface area is 164 Å². The van der Waals surface area contributed by atoms with E-state index in [9.17, 15) is 4.79 Å². The van der Waals surface area contributed by atoms with Gasteiger partial charge in [-0.25, -0.2) is 0 Å². The number of rotatable bonds is 5. The maximum atomic E-state index is 13.4. The summed E-state index contributed by atoms with van der Waals surface area (Å²) in [5.41, 5.74) is 2.47. The number of carbonyl (C=O) groups excluding carboxylic acids is 1. The fourth-order valence-electron chi connectivity index (χ4n) is 3.38. The maximum Gasteiger partial charge on any atom is 0.258 e. The molecular weight excluding hydrogens is 346 g/mol. The highest BCUT2D eigenvalue weighted by atomic mass is 16.5. The van der Waals surface area contributed by atoms with Gasteiger partial charge in [0.2, 0.25) is 0 Å². The van der Waals surface area contributed by atoms with Crippen LogP contribution in [0.2, 0.25) is 0 Å². The maximum absolute atomic E-state index is 13.4. The molecule has 0 aliphatic carbocycles. The van der Waals surface area contributed by atoms with Crippen LogP contribution in [-0.4, -0.2) is 13.0 Å². The lowest BCUT2D eigenvalue weighted by Gasteiger charge is -2.25. The zero-order chi connectivity index (χ0) is 19.3. The van der Waals surface area contributed by atoms with Crippen LogP contribution in [-0.2, 0) is 6.54 Å². The first kappa shape index (κ1) is 17.8. The molecule has 138 valence electrons. The van der Waals surface area contributed by atoms with Crippen molar-refractivity contribution >= 4 is 22.4 Å². The van der Waals surface area contributed by atoms with E-state index in [1.54, 1.807) is 12.0 Å². The monoisotopic (exact) mass is 367 g/mol. The molecule has 0 unspecified atom stereocenters. The van der Waals surface area contributed by atoms with Gasteiger partial charge in [0.15, 0.2) is 0 Å². The molecule has 0 atom stereocenters. The van der Waals surface area contributed by atoms with Crippen molar-refractivity contribution in [3.63, 3.8) is 0 Å². The van der Waals surface area contributed by atoms with Crippen LogP contribution in [0.25, 0.3) is 10.8 Å². The number of carbonyl (C=O) groups is 1. The van der Waals surface area contributed by atoms with E-state index in [4.69, 9.17) is 4.74 Å². The first-order valence-electron chi connectivity index (χ1n) is 9.24. The predicted molar refractivity (Wildman–Crippen MR) is 114 cm³/mol. The van der Waals surface area contributed by atoms with Crippen molar-refractivity contribution in [1.82, 2.24) is 0 Å². The Kier molecular flexibility index (Phi) is 5.07. The van der Waals surface area contributed by atoms with E-state index in [0.29, 0.717) is 17.9 Å². The van der Waals surface area contributed by atoms with Crippen LogP contribution in [0.15, 0.2) is 97.1 Å². The Hall–Kier alpha value is -3.59. The zero-order valence-corrected chi connectivity index (χ0v) is 15.7. The second-order valence-corrected chi connectivity index (χ2v) is 6.61. The number of para-hydroxylation sites is 2. The Bertz CT molecular complexity index is 1110. The van der Waals surface area contributed by atoms with Gasteiger partial charge in [-0.15, -0.1) is 0 Å². The highest BCUT2D eigenvalue weighted by Crippen LogP contribution is 2.31. The lowest BCUT2D eigenvalue weighted by atomic mass is 10.1. The SMILES string of the molecule is COc1ccccc1N(Cc1ccc2ccccc2c1)C(=O)c1ccccc1. The molecule has 0 radical (unpaired) electrons. The summed E-state index contributed by atoms with van der Waals surface area (Å²) in [5, 5.41) is 2.34. The Morgan fingerprint density at radius 2 is 1.46 bits per heavy atom. The van der Waals surface area contributed by atoms with Crippen molar-refractivity contribution in [1.29, 1.82) is 0 Å². The van der Waals surface area contributed by atoms with E-state index in [0.717, 1.165) is 16.6 Å². The molecule has 0 bridgehead atoms. The van der Waals surface area contributed by atoms with E-state index in [1.165, 1.54) is 5.39 Å². The van der Waals surface area contributed by atoms with Crippen LogP contribution in [0.5, 0.6) is 5.75 Å². The number of nitrogens with zero attached hydrogens (tertiary/aromatic N) is 1. The van der Waals surface area contributed by atoms with Crippen LogP contribution in [0.4, 0.5) is 5.69 Å². The van der Waals surface area contributed by atoms with Crippen LogP contribution < -0.4 is 9.64 Å². The smallest absolute Gasteiger partial charge is 0.258 e. The Morgan fingerprint density at radius 1 is 0.786 bits per heavy atom. The summed E-state index contributed by atoms with van der Waals surface area (Å²) >= 11 is 0. The topological polar surface area (TPSA) is 29.5 Å². The number of anilines is 1. The molecule has 4 rings (SSSR count). The fraction of sp³-hybridized carbons (Fsp3) is 0.0800. The van der Waals surface area contributed by atoms with Gasteiger partial charge in [0, 0.05) is 5.56 Å². The van der Waals surface area contributed by atoms with Gasteiger partial charge in [0.25, 0.3) is 5.91 Å². The summed E-state index contributed by atoms with van der Waals surface area (Å²) in [5.74, 6) is 0.617. The molecule has 0 fully saturated rings. The van der Waals surface area contributed by atoms with Crippen molar-refractivity contribution in [3.8, 4) is 5.75 Å². The number of ether oxygens (including phenoxy) is 1. The number of fused-ring (bicyclic) bond motifs is 1. The first-order chi connectivity index (χ1) is 13.8. The molecule has 0 aliphatic rings. The van der Waals surface area contributed by atoms with E-state index >= 15 is 0 Å². The largest absolute Gasteiger partial charge is 0.495 e. The molecule has 0 saturated carbocycles. The fourth-order valence-corrected chi connectivity index (χ4v) is 3.38. The van der Waals surface area contributed by atoms with Gasteiger partial charge in [-0.2, -0.15) is 0 Å². The molecule has 3 heteroatoms. The van der Waals surface area contributed by atoms with Gasteiger partial charge in [-0.05, 0) is 46.7 Å². The molecule has 0 aliphatic heterocycles. The van der Waals surface area contributed by atoms with Gasteiger partial charge >= 0.3 is 0 Å². The third-order valence-corrected chi connectivity index (χ3v) is 4.80. The van der Waals surface area contributed by atoms with Crippen LogP contribution in [0.3, 0.4) is 0 Å². The first-order valence-corrected chi connectivity index (χ1v) is 9.24. The summed E-state index contributed by atoms with van der Waals surface area (Å²) in [4.78, 5) is 15.1. The minimum Gasteiger partial charge on any atom is -0.495 e. The lowest BCUT2D eigenvalue weighted by molar-refractivity contribution is 0.0984. The molecule has 0 heterocycles. The van der Waals surface area contributed by atoms with Crippen LogP contribution in [0, 0.1) is 0 Å². The molecule has 28 heavy (non-hydrogen) atoms. The Balaban J connectivity index is 1.76. The van der Waals surface area contributed by atoms with Crippen molar-refractivity contribution in [2.45, 2.75) is 6.54 Å². The average molecular weight is 367 g/mol. The molecule has 0 saturated heterocycles. The van der Waals surface area contributed by atoms with Crippen molar-refractivity contribution < 1.29 is 9.53 Å². The van der Waals surface area contributed by atoms with Crippen molar-refractivity contribution in [2.24, 2.45) is 0 Å². The normalized spacial score (nSPS) is 10.6. The molecular formula is C25H21NO2. The second kappa shape index (κ2) is 7.97. The van der Waals surface area contributed by atoms with Crippen LogP contribution in [0.1, 0.15) is 15.9 Å². The zero-order valence-electron chi connectivity index (χ0n) is 15.7. The second-order valence-electron chi connectivity index (χ2n) is 6.61. The average Bonchev–Trinajstić information content (AvgIpc) is 2.77. The molecule has 0 aromatic heterocycles. The summed E-state index contributed by atoms with van der Waals surface area (Å²) in [6.07, 6.45) is 0. The third-order valence-electron chi connectivity index (χ3n) is 4.80. The summed E-state index contributed by atoms with van der Waals surface area (Å²) in [7, 11) is 1.63. The number of hydrogen-bond acceptors (Lipinski definition) is 2. The lowest BCUT2D eigenvalue weighted by Crippen LogP contribution is -2.30. The van der Waals surface area contributed by atoms with E-state index in [-0.39, 0.29) is 5.91 Å². The van der Waals surface area contributed by atoms with Crippen LogP contribution >= 0.6 is 0 Å². The van der Waals surface area contributed by atoms with E-state index in [1.807, 2.05) is 66.7 Å². The molecule has 3 nitrogen and oxygen atoms in total. The standard InChI is InChI=1S/C25H21NO2/c1-28-24-14-8-7-13-23(24)26(25(27)21-10-3-2-4-11-21)18-19-15-16-20-9-5-6-12-22(20)17-19/h2-17H,18H2,1H3. The third kappa shape index (κ3) is 3.60. The summed E-state index contributed by atoms with van der Waals surface area (Å²) in [6.45, 7) is 0.457. The van der Waals surface area contributed by atoms with Gasteiger partial charge in [-0.3, -0.25) is 4.79 Å². The summed E-state index contributed by atoms with van der Waals surface area (Å²) < 4.78 is 5.53. The Morgan fingerprint density at radius 3 is 2.25 bits per heavy atom. The number of benzene rings is 4. The molecule has 4 aromatic rings. The quantitative estimate of drug-likeness (QED) is 0.453. The highest BCUT2D eigenvalue weighted by Gasteiger charge is 2.21. The van der Waals surface area contributed by atoms with Gasteiger partial charge in [0.1, 0.15) is 5.75 Å². The van der Waals surface area contributed by atoms with Gasteiger partial charge in [-0.1, -0.05) is 66.7 Å². The van der Waals surface area contributed by atoms with Crippen molar-refractivity contribution in [2.75, 3.05) is 12.0 Å². The number of hydrogen-bond donors (Lipinski definition) is 0. The van der Waals surface area contributed by atoms with E-state index in [2.05, 4.69) is 30.3 Å². The molecule has 0 spiro atoms. The molecule has 0 N–H and O–H groups in total. The minimum atomic E-state index is -0.0572. The molecule has 4 aromatic carbocycles. The number of methoxy groups -OCH3 is 1. The van der Waals surface area contributed by atoms with Gasteiger partial charge in [0.05, 0.1) is 19.3 Å². The highest BCUT2D eigenvalue weighted by molar-refractivity contribution is 6.06. The molecule has 1 amide bonds. The summed E-state index contributed by atoms with van der Waals surface area (Å²) in [6, 6.07) is 31.5.